The SMILES string of the molecule is CN(C)C=O.O=C(O)c1c2c(c(O)c3ncccc13)C(=O)N(Cc1ccc(F)cc1)C2. The lowest BCUT2D eigenvalue weighted by atomic mass is 9.97. The van der Waals surface area contributed by atoms with E-state index < -0.39 is 11.9 Å². The van der Waals surface area contributed by atoms with Crippen LogP contribution in [0.25, 0.3) is 10.9 Å². The summed E-state index contributed by atoms with van der Waals surface area (Å²) in [6.45, 7) is 0.224. The summed E-state index contributed by atoms with van der Waals surface area (Å²) in [6, 6.07) is 8.83. The third kappa shape index (κ3) is 4.30. The van der Waals surface area contributed by atoms with Crippen molar-refractivity contribution in [2.24, 2.45) is 0 Å². The van der Waals surface area contributed by atoms with Crippen molar-refractivity contribution >= 4 is 29.2 Å². The summed E-state index contributed by atoms with van der Waals surface area (Å²) in [6.07, 6.45) is 2.18. The van der Waals surface area contributed by atoms with E-state index in [-0.39, 0.29) is 52.2 Å². The number of phenolic OH excluding ortho intramolecular Hbond substituents is 1. The predicted molar refractivity (Wildman–Crippen MR) is 110 cm³/mol. The van der Waals surface area contributed by atoms with Crippen molar-refractivity contribution in [2.45, 2.75) is 13.1 Å². The van der Waals surface area contributed by atoms with Crippen LogP contribution in [0.5, 0.6) is 5.75 Å². The molecule has 0 radical (unpaired) electrons. The number of hydrogen-bond donors (Lipinski definition) is 2. The fourth-order valence-corrected chi connectivity index (χ4v) is 3.34. The van der Waals surface area contributed by atoms with Crippen molar-refractivity contribution in [3.05, 3.63) is 70.7 Å². The van der Waals surface area contributed by atoms with Crippen LogP contribution >= 0.6 is 0 Å². The van der Waals surface area contributed by atoms with Crippen molar-refractivity contribution in [3.63, 3.8) is 0 Å². The second kappa shape index (κ2) is 8.78. The molecule has 0 bridgehead atoms. The molecule has 1 aromatic heterocycles. The van der Waals surface area contributed by atoms with Crippen LogP contribution in [-0.4, -0.2) is 57.4 Å². The number of halogens is 1. The van der Waals surface area contributed by atoms with Gasteiger partial charge >= 0.3 is 5.97 Å². The zero-order valence-corrected chi connectivity index (χ0v) is 16.9. The highest BCUT2D eigenvalue weighted by molar-refractivity contribution is 6.14. The van der Waals surface area contributed by atoms with Crippen LogP contribution in [0.1, 0.15) is 31.8 Å². The summed E-state index contributed by atoms with van der Waals surface area (Å²) in [5, 5.41) is 20.4. The zero-order chi connectivity index (χ0) is 22.7. The number of hydrogen-bond acceptors (Lipinski definition) is 5. The minimum absolute atomic E-state index is 0.0316. The summed E-state index contributed by atoms with van der Waals surface area (Å²) >= 11 is 0. The average Bonchev–Trinajstić information content (AvgIpc) is 3.06. The number of carbonyl (C=O) groups is 3. The molecule has 3 aromatic rings. The van der Waals surface area contributed by atoms with Gasteiger partial charge < -0.3 is 20.0 Å². The number of amides is 2. The van der Waals surface area contributed by atoms with E-state index in [0.29, 0.717) is 5.56 Å². The monoisotopic (exact) mass is 425 g/mol. The molecule has 8 nitrogen and oxygen atoms in total. The number of phenols is 1. The Morgan fingerprint density at radius 1 is 1.26 bits per heavy atom. The number of nitrogens with zero attached hydrogens (tertiary/aromatic N) is 3. The highest BCUT2D eigenvalue weighted by Gasteiger charge is 2.36. The Morgan fingerprint density at radius 2 is 1.90 bits per heavy atom. The van der Waals surface area contributed by atoms with E-state index in [1.807, 2.05) is 0 Å². The van der Waals surface area contributed by atoms with E-state index in [9.17, 15) is 29.0 Å². The Bertz CT molecular complexity index is 1160. The maximum Gasteiger partial charge on any atom is 0.336 e. The molecule has 1 aliphatic rings. The number of fused-ring (bicyclic) bond motifs is 2. The van der Waals surface area contributed by atoms with E-state index in [2.05, 4.69) is 4.98 Å². The van der Waals surface area contributed by atoms with Crippen LogP contribution in [0.4, 0.5) is 4.39 Å². The molecule has 2 aromatic carbocycles. The molecule has 160 valence electrons. The molecular formula is C22H20FN3O5. The first-order valence-corrected chi connectivity index (χ1v) is 9.25. The molecule has 0 unspecified atom stereocenters. The predicted octanol–water partition coefficient (Wildman–Crippen LogP) is 2.64. The Labute approximate surface area is 177 Å². The maximum atomic E-state index is 13.1. The molecule has 2 heterocycles. The summed E-state index contributed by atoms with van der Waals surface area (Å²) in [5.74, 6) is -2.35. The van der Waals surface area contributed by atoms with Crippen LogP contribution in [0.2, 0.25) is 0 Å². The fourth-order valence-electron chi connectivity index (χ4n) is 3.34. The first kappa shape index (κ1) is 21.7. The number of pyridine rings is 1. The van der Waals surface area contributed by atoms with Crippen molar-refractivity contribution in [3.8, 4) is 5.75 Å². The molecule has 0 aliphatic carbocycles. The molecule has 2 amide bonds. The third-order valence-electron chi connectivity index (χ3n) is 4.70. The molecule has 0 atom stereocenters. The highest BCUT2D eigenvalue weighted by atomic mass is 19.1. The molecule has 9 heteroatoms. The number of aromatic nitrogens is 1. The summed E-state index contributed by atoms with van der Waals surface area (Å²) in [7, 11) is 3.38. The Hall–Kier alpha value is -4.01. The number of aromatic hydroxyl groups is 1. The number of aromatic carboxylic acids is 1. The van der Waals surface area contributed by atoms with Crippen LogP contribution in [0, 0.1) is 5.82 Å². The topological polar surface area (TPSA) is 111 Å². The fraction of sp³-hybridized carbons (Fsp3) is 0.182. The highest BCUT2D eigenvalue weighted by Crippen LogP contribution is 2.39. The van der Waals surface area contributed by atoms with Gasteiger partial charge in [-0.2, -0.15) is 0 Å². The lowest BCUT2D eigenvalue weighted by molar-refractivity contribution is -0.115. The molecule has 0 fully saturated rings. The second-order valence-corrected chi connectivity index (χ2v) is 7.14. The van der Waals surface area contributed by atoms with E-state index in [1.54, 1.807) is 38.4 Å². The van der Waals surface area contributed by atoms with Gasteiger partial charge in [-0.05, 0) is 23.8 Å². The van der Waals surface area contributed by atoms with Gasteiger partial charge in [0.05, 0.1) is 11.1 Å². The smallest absolute Gasteiger partial charge is 0.336 e. The van der Waals surface area contributed by atoms with Crippen molar-refractivity contribution < 1.29 is 29.0 Å². The molecule has 4 rings (SSSR count). The van der Waals surface area contributed by atoms with Crippen molar-refractivity contribution in [1.29, 1.82) is 0 Å². The van der Waals surface area contributed by atoms with E-state index in [1.165, 1.54) is 28.1 Å². The summed E-state index contributed by atoms with van der Waals surface area (Å²) in [5.41, 5.74) is 0.987. The first-order chi connectivity index (χ1) is 14.7. The number of carboxylic acid groups (broad SMARTS) is 1. The van der Waals surface area contributed by atoms with E-state index >= 15 is 0 Å². The van der Waals surface area contributed by atoms with Crippen LogP contribution < -0.4 is 0 Å². The molecule has 0 saturated carbocycles. The van der Waals surface area contributed by atoms with Gasteiger partial charge in [-0.25, -0.2) is 9.18 Å². The van der Waals surface area contributed by atoms with Crippen molar-refractivity contribution in [1.82, 2.24) is 14.8 Å². The lowest BCUT2D eigenvalue weighted by Gasteiger charge is -2.15. The Kier molecular flexibility index (Phi) is 6.15. The maximum absolute atomic E-state index is 13.1. The minimum Gasteiger partial charge on any atom is -0.505 e. The average molecular weight is 425 g/mol. The molecule has 0 saturated heterocycles. The Morgan fingerprint density at radius 3 is 2.48 bits per heavy atom. The Balaban J connectivity index is 0.000000491. The normalized spacial score (nSPS) is 12.2. The molecular weight excluding hydrogens is 405 g/mol. The number of carbonyl (C=O) groups excluding carboxylic acids is 2. The first-order valence-electron chi connectivity index (χ1n) is 9.25. The standard InChI is InChI=1S/C19H13FN2O4.C3H7NO/c20-11-5-3-10(4-6-11)8-22-9-13-14(19(25)26)12-2-1-7-21-16(12)17(23)15(13)18(22)24;1-4(2)3-5/h1-7,23H,8-9H2,(H,25,26);3H,1-2H3. The van der Waals surface area contributed by atoms with Gasteiger partial charge in [0.1, 0.15) is 11.3 Å². The van der Waals surface area contributed by atoms with Crippen LogP contribution in [0.15, 0.2) is 42.6 Å². The number of benzene rings is 2. The van der Waals surface area contributed by atoms with Gasteiger partial charge in [0, 0.05) is 44.3 Å². The lowest BCUT2D eigenvalue weighted by Crippen LogP contribution is -2.23. The number of rotatable bonds is 4. The minimum atomic E-state index is -1.18. The summed E-state index contributed by atoms with van der Waals surface area (Å²) < 4.78 is 13.1. The van der Waals surface area contributed by atoms with Gasteiger partial charge in [-0.3, -0.25) is 14.6 Å². The van der Waals surface area contributed by atoms with Gasteiger partial charge in [0.2, 0.25) is 6.41 Å². The van der Waals surface area contributed by atoms with Gasteiger partial charge in [0.25, 0.3) is 5.91 Å². The van der Waals surface area contributed by atoms with Crippen molar-refractivity contribution in [2.75, 3.05) is 14.1 Å². The van der Waals surface area contributed by atoms with Crippen LogP contribution in [0.3, 0.4) is 0 Å². The zero-order valence-electron chi connectivity index (χ0n) is 16.9. The molecule has 31 heavy (non-hydrogen) atoms. The number of carboxylic acids is 1. The quantitative estimate of drug-likeness (QED) is 0.622. The molecule has 2 N–H and O–H groups in total. The largest absolute Gasteiger partial charge is 0.505 e. The molecule has 0 spiro atoms. The molecule has 1 aliphatic heterocycles. The summed E-state index contributed by atoms with van der Waals surface area (Å²) in [4.78, 5) is 40.9. The van der Waals surface area contributed by atoms with Gasteiger partial charge in [0.15, 0.2) is 5.75 Å². The van der Waals surface area contributed by atoms with E-state index in [0.717, 1.165) is 6.41 Å². The van der Waals surface area contributed by atoms with Gasteiger partial charge in [-0.15, -0.1) is 0 Å². The van der Waals surface area contributed by atoms with E-state index in [4.69, 9.17) is 0 Å². The third-order valence-corrected chi connectivity index (χ3v) is 4.70. The van der Waals surface area contributed by atoms with Crippen LogP contribution in [-0.2, 0) is 17.9 Å². The van der Waals surface area contributed by atoms with Gasteiger partial charge in [-0.1, -0.05) is 18.2 Å². The second-order valence-electron chi connectivity index (χ2n) is 7.14.